The molecule has 0 atom stereocenters. The van der Waals surface area contributed by atoms with Gasteiger partial charge in [0.2, 0.25) is 0 Å². The molecule has 0 aliphatic rings. The second-order valence-corrected chi connectivity index (χ2v) is 7.27. The molecule has 0 spiro atoms. The summed E-state index contributed by atoms with van der Waals surface area (Å²) in [5, 5.41) is 9.51. The summed E-state index contributed by atoms with van der Waals surface area (Å²) < 4.78 is 8.41. The van der Waals surface area contributed by atoms with Crippen LogP contribution in [0.1, 0.15) is 11.1 Å². The maximum atomic E-state index is 9.51. The quantitative estimate of drug-likeness (QED) is 0.265. The third-order valence-electron chi connectivity index (χ3n) is 2.96. The van der Waals surface area contributed by atoms with Gasteiger partial charge in [0.1, 0.15) is 12.4 Å². The zero-order chi connectivity index (χ0) is 16.8. The third kappa shape index (κ3) is 4.81. The number of nitriles is 1. The smallest absolute Gasteiger partial charge is 0.141 e. The van der Waals surface area contributed by atoms with E-state index in [1.54, 1.807) is 6.08 Å². The predicted molar refractivity (Wildman–Crippen MR) is 105 cm³/mol. The normalized spacial score (nSPS) is 11.0. The van der Waals surface area contributed by atoms with Gasteiger partial charge in [-0.15, -0.1) is 0 Å². The second-order valence-electron chi connectivity index (χ2n) is 4.58. The summed E-state index contributed by atoms with van der Waals surface area (Å²) in [4.78, 5) is 0. The number of hydrogen-bond acceptors (Lipinski definition) is 2. The minimum Gasteiger partial charge on any atom is -0.488 e. The fourth-order valence-corrected chi connectivity index (χ4v) is 3.58. The van der Waals surface area contributed by atoms with Gasteiger partial charge >= 0.3 is 0 Å². The largest absolute Gasteiger partial charge is 0.488 e. The summed E-state index contributed by atoms with van der Waals surface area (Å²) in [6.07, 6.45) is 3.50. The molecule has 0 heterocycles. The van der Waals surface area contributed by atoms with Crippen molar-refractivity contribution < 1.29 is 4.74 Å². The van der Waals surface area contributed by atoms with Gasteiger partial charge in [0.05, 0.1) is 16.1 Å². The summed E-state index contributed by atoms with van der Waals surface area (Å²) in [5.41, 5.74) is 2.22. The molecular formula is C18H12Br3NO. The molecule has 0 saturated heterocycles. The highest BCUT2D eigenvalue weighted by Gasteiger charge is 2.10. The van der Waals surface area contributed by atoms with Crippen molar-refractivity contribution in [3.8, 4) is 11.8 Å². The summed E-state index contributed by atoms with van der Waals surface area (Å²) in [7, 11) is 0. The molecule has 0 aromatic heterocycles. The SMILES string of the molecule is C=CCOc1c(Br)cc(Br)cc1/C=C(\C#N)c1ccc(Br)cc1. The van der Waals surface area contributed by atoms with E-state index in [4.69, 9.17) is 4.74 Å². The van der Waals surface area contributed by atoms with Gasteiger partial charge in [-0.3, -0.25) is 0 Å². The first-order valence-corrected chi connectivity index (χ1v) is 9.03. The fraction of sp³-hybridized carbons (Fsp3) is 0.0556. The molecule has 5 heteroatoms. The van der Waals surface area contributed by atoms with Crippen LogP contribution < -0.4 is 4.74 Å². The average molecular weight is 498 g/mol. The molecule has 2 nitrogen and oxygen atoms in total. The molecule has 0 aliphatic heterocycles. The molecule has 116 valence electrons. The first-order chi connectivity index (χ1) is 11.0. The van der Waals surface area contributed by atoms with Crippen LogP contribution in [-0.4, -0.2) is 6.61 Å². The lowest BCUT2D eigenvalue weighted by atomic mass is 10.0. The Morgan fingerprint density at radius 1 is 1.13 bits per heavy atom. The van der Waals surface area contributed by atoms with Crippen LogP contribution in [0.3, 0.4) is 0 Å². The number of nitrogens with zero attached hydrogens (tertiary/aromatic N) is 1. The summed E-state index contributed by atoms with van der Waals surface area (Å²) in [6.45, 7) is 4.05. The van der Waals surface area contributed by atoms with Crippen LogP contribution in [0.15, 0.2) is 62.5 Å². The van der Waals surface area contributed by atoms with Crippen LogP contribution in [0.4, 0.5) is 0 Å². The lowest BCUT2D eigenvalue weighted by molar-refractivity contribution is 0.360. The van der Waals surface area contributed by atoms with Crippen LogP contribution in [0.25, 0.3) is 11.6 Å². The molecule has 0 amide bonds. The molecule has 0 unspecified atom stereocenters. The molecule has 0 saturated carbocycles. The van der Waals surface area contributed by atoms with Crippen LogP contribution in [-0.2, 0) is 0 Å². The fourth-order valence-electron chi connectivity index (χ4n) is 1.95. The number of rotatable bonds is 5. The number of ether oxygens (including phenoxy) is 1. The molecule has 0 radical (unpaired) electrons. The first-order valence-electron chi connectivity index (χ1n) is 6.65. The van der Waals surface area contributed by atoms with Gasteiger partial charge in [-0.05, 0) is 51.8 Å². The maximum absolute atomic E-state index is 9.51. The van der Waals surface area contributed by atoms with Crippen LogP contribution in [0.2, 0.25) is 0 Å². The number of allylic oxidation sites excluding steroid dienone is 1. The van der Waals surface area contributed by atoms with Gasteiger partial charge in [0.15, 0.2) is 0 Å². The van der Waals surface area contributed by atoms with E-state index in [1.807, 2.05) is 42.5 Å². The van der Waals surface area contributed by atoms with Crippen LogP contribution in [0, 0.1) is 11.3 Å². The van der Waals surface area contributed by atoms with Crippen molar-refractivity contribution in [2.24, 2.45) is 0 Å². The standard InChI is InChI=1S/C18H12Br3NO/c1-2-7-23-18-13(9-16(20)10-17(18)21)8-14(11-22)12-3-5-15(19)6-4-12/h2-6,8-10H,1,7H2/b14-8+. The van der Waals surface area contributed by atoms with E-state index in [-0.39, 0.29) is 0 Å². The van der Waals surface area contributed by atoms with E-state index in [0.717, 1.165) is 24.5 Å². The van der Waals surface area contributed by atoms with E-state index in [2.05, 4.69) is 60.4 Å². The van der Waals surface area contributed by atoms with E-state index >= 15 is 0 Å². The molecule has 2 rings (SSSR count). The topological polar surface area (TPSA) is 33.0 Å². The van der Waals surface area contributed by atoms with Crippen molar-refractivity contribution >= 4 is 59.4 Å². The molecule has 2 aromatic rings. The van der Waals surface area contributed by atoms with Crippen molar-refractivity contribution in [3.05, 3.63) is 73.6 Å². The highest BCUT2D eigenvalue weighted by molar-refractivity contribution is 9.11. The minimum atomic E-state index is 0.390. The lowest BCUT2D eigenvalue weighted by Crippen LogP contribution is -1.97. The van der Waals surface area contributed by atoms with Crippen LogP contribution in [0.5, 0.6) is 5.75 Å². The monoisotopic (exact) mass is 495 g/mol. The van der Waals surface area contributed by atoms with Gasteiger partial charge in [0.25, 0.3) is 0 Å². The van der Waals surface area contributed by atoms with E-state index in [0.29, 0.717) is 17.9 Å². The third-order valence-corrected chi connectivity index (χ3v) is 4.53. The van der Waals surface area contributed by atoms with E-state index < -0.39 is 0 Å². The van der Waals surface area contributed by atoms with Crippen molar-refractivity contribution in [3.63, 3.8) is 0 Å². The Morgan fingerprint density at radius 3 is 2.43 bits per heavy atom. The van der Waals surface area contributed by atoms with Crippen molar-refractivity contribution in [1.29, 1.82) is 5.26 Å². The highest BCUT2D eigenvalue weighted by atomic mass is 79.9. The molecule has 0 bridgehead atoms. The number of halogens is 3. The zero-order valence-corrected chi connectivity index (χ0v) is 16.8. The molecule has 23 heavy (non-hydrogen) atoms. The minimum absolute atomic E-state index is 0.390. The molecule has 0 aliphatic carbocycles. The predicted octanol–water partition coefficient (Wildman–Crippen LogP) is 6.60. The van der Waals surface area contributed by atoms with Gasteiger partial charge in [0, 0.05) is 14.5 Å². The average Bonchev–Trinajstić information content (AvgIpc) is 2.52. The van der Waals surface area contributed by atoms with E-state index in [9.17, 15) is 5.26 Å². The molecule has 0 N–H and O–H groups in total. The maximum Gasteiger partial charge on any atom is 0.141 e. The Balaban J connectivity index is 2.52. The molecule has 0 fully saturated rings. The van der Waals surface area contributed by atoms with Gasteiger partial charge in [-0.2, -0.15) is 5.26 Å². The second kappa shape index (κ2) is 8.49. The zero-order valence-electron chi connectivity index (χ0n) is 12.0. The van der Waals surface area contributed by atoms with Gasteiger partial charge in [-0.25, -0.2) is 0 Å². The lowest BCUT2D eigenvalue weighted by Gasteiger charge is -2.11. The Hall–Kier alpha value is -1.35. The van der Waals surface area contributed by atoms with Crippen molar-refractivity contribution in [2.45, 2.75) is 0 Å². The Morgan fingerprint density at radius 2 is 1.83 bits per heavy atom. The summed E-state index contributed by atoms with van der Waals surface area (Å²) in [6, 6.07) is 13.7. The van der Waals surface area contributed by atoms with E-state index in [1.165, 1.54) is 0 Å². The molecular weight excluding hydrogens is 486 g/mol. The highest BCUT2D eigenvalue weighted by Crippen LogP contribution is 2.35. The van der Waals surface area contributed by atoms with Crippen molar-refractivity contribution in [1.82, 2.24) is 0 Å². The Kier molecular flexibility index (Phi) is 6.64. The van der Waals surface area contributed by atoms with Gasteiger partial charge < -0.3 is 4.74 Å². The molecule has 2 aromatic carbocycles. The summed E-state index contributed by atoms with van der Waals surface area (Å²) in [5.74, 6) is 0.679. The van der Waals surface area contributed by atoms with Gasteiger partial charge in [-0.1, -0.05) is 56.6 Å². The van der Waals surface area contributed by atoms with Crippen molar-refractivity contribution in [2.75, 3.05) is 6.61 Å². The Labute approximate surface area is 160 Å². The number of benzene rings is 2. The first kappa shape index (κ1) is 18.0. The Bertz CT molecular complexity index is 789. The number of hydrogen-bond donors (Lipinski definition) is 0. The summed E-state index contributed by atoms with van der Waals surface area (Å²) >= 11 is 10.4. The van der Waals surface area contributed by atoms with Crippen LogP contribution >= 0.6 is 47.8 Å².